The van der Waals surface area contributed by atoms with Gasteiger partial charge in [-0.1, -0.05) is 0 Å². The molecular formula is C10H14N2O3. The normalized spacial score (nSPS) is 16.7. The summed E-state index contributed by atoms with van der Waals surface area (Å²) in [5, 5.41) is 0. The molecule has 0 saturated carbocycles. The van der Waals surface area contributed by atoms with Crippen molar-refractivity contribution in [1.82, 2.24) is 4.98 Å². The first-order valence-electron chi connectivity index (χ1n) is 5.02. The maximum Gasteiger partial charge on any atom is 0.297 e. The zero-order valence-electron chi connectivity index (χ0n) is 8.73. The molecule has 2 heterocycles. The van der Waals surface area contributed by atoms with Crippen LogP contribution in [0.2, 0.25) is 0 Å². The zero-order chi connectivity index (χ0) is 10.7. The molecule has 0 aromatic carbocycles. The summed E-state index contributed by atoms with van der Waals surface area (Å²) in [5.74, 6) is 0.0943. The highest BCUT2D eigenvalue weighted by Crippen LogP contribution is 2.15. The molecule has 0 unspecified atom stereocenters. The summed E-state index contributed by atoms with van der Waals surface area (Å²) in [4.78, 5) is 17.2. The van der Waals surface area contributed by atoms with Crippen LogP contribution in [0.3, 0.4) is 0 Å². The number of ketones is 1. The third-order valence-electron chi connectivity index (χ3n) is 2.25. The molecular weight excluding hydrogens is 196 g/mol. The molecule has 0 spiro atoms. The Hall–Kier alpha value is -1.36. The van der Waals surface area contributed by atoms with E-state index in [1.165, 1.54) is 0 Å². The van der Waals surface area contributed by atoms with Crippen molar-refractivity contribution in [3.63, 3.8) is 0 Å². The van der Waals surface area contributed by atoms with Crippen LogP contribution in [-0.4, -0.2) is 37.1 Å². The number of anilines is 1. The summed E-state index contributed by atoms with van der Waals surface area (Å²) in [6.45, 7) is 4.53. The Labute approximate surface area is 88.0 Å². The van der Waals surface area contributed by atoms with E-state index in [0.717, 1.165) is 13.1 Å². The maximum absolute atomic E-state index is 10.9. The van der Waals surface area contributed by atoms with Gasteiger partial charge in [-0.25, -0.2) is 0 Å². The first kappa shape index (κ1) is 10.2. The maximum atomic E-state index is 10.9. The lowest BCUT2D eigenvalue weighted by Gasteiger charge is -2.24. The van der Waals surface area contributed by atoms with E-state index in [-0.39, 0.29) is 5.78 Å². The highest BCUT2D eigenvalue weighted by Gasteiger charge is 2.16. The number of rotatable bonds is 3. The van der Waals surface area contributed by atoms with Gasteiger partial charge in [0.1, 0.15) is 12.0 Å². The fourth-order valence-corrected chi connectivity index (χ4v) is 1.53. The van der Waals surface area contributed by atoms with Crippen LogP contribution in [0.4, 0.5) is 6.01 Å². The fraction of sp³-hybridized carbons (Fsp3) is 0.600. The van der Waals surface area contributed by atoms with Gasteiger partial charge >= 0.3 is 0 Å². The van der Waals surface area contributed by atoms with E-state index in [1.54, 1.807) is 13.2 Å². The Bertz CT molecular complexity index is 342. The first-order valence-corrected chi connectivity index (χ1v) is 5.02. The van der Waals surface area contributed by atoms with Crippen molar-refractivity contribution < 1.29 is 13.9 Å². The second-order valence-electron chi connectivity index (χ2n) is 3.60. The van der Waals surface area contributed by atoms with E-state index in [2.05, 4.69) is 4.98 Å². The van der Waals surface area contributed by atoms with Gasteiger partial charge in [-0.15, -0.1) is 0 Å². The molecule has 1 fully saturated rings. The Kier molecular flexibility index (Phi) is 3.01. The van der Waals surface area contributed by atoms with E-state index in [4.69, 9.17) is 9.15 Å². The minimum Gasteiger partial charge on any atom is -0.432 e. The molecule has 5 heteroatoms. The van der Waals surface area contributed by atoms with Crippen LogP contribution in [0.15, 0.2) is 10.7 Å². The predicted molar refractivity (Wildman–Crippen MR) is 53.9 cm³/mol. The number of aromatic nitrogens is 1. The molecule has 0 atom stereocenters. The molecule has 1 aromatic heterocycles. The summed E-state index contributed by atoms with van der Waals surface area (Å²) < 4.78 is 10.5. The second kappa shape index (κ2) is 4.44. The van der Waals surface area contributed by atoms with Crippen LogP contribution in [-0.2, 0) is 16.0 Å². The average molecular weight is 210 g/mol. The summed E-state index contributed by atoms with van der Waals surface area (Å²) in [6, 6.07) is 0.592. The van der Waals surface area contributed by atoms with E-state index in [9.17, 15) is 4.79 Å². The van der Waals surface area contributed by atoms with Crippen molar-refractivity contribution in [2.45, 2.75) is 13.3 Å². The third kappa shape index (κ3) is 2.56. The van der Waals surface area contributed by atoms with Crippen LogP contribution >= 0.6 is 0 Å². The minimum absolute atomic E-state index is 0.0943. The molecule has 1 aliphatic rings. The van der Waals surface area contributed by atoms with E-state index >= 15 is 0 Å². The second-order valence-corrected chi connectivity index (χ2v) is 3.60. The van der Waals surface area contributed by atoms with E-state index < -0.39 is 0 Å². The van der Waals surface area contributed by atoms with Crippen molar-refractivity contribution in [2.24, 2.45) is 0 Å². The Morgan fingerprint density at radius 3 is 2.93 bits per heavy atom. The number of carbonyl (C=O) groups is 1. The topological polar surface area (TPSA) is 55.6 Å². The molecule has 1 aliphatic heterocycles. The van der Waals surface area contributed by atoms with Crippen molar-refractivity contribution in [2.75, 3.05) is 31.2 Å². The standard InChI is InChI=1S/C10H14N2O3/c1-8(13)6-9-7-15-10(11-9)12-2-4-14-5-3-12/h7H,2-6H2,1H3. The lowest BCUT2D eigenvalue weighted by molar-refractivity contribution is -0.116. The number of oxazole rings is 1. The first-order chi connectivity index (χ1) is 7.25. The quantitative estimate of drug-likeness (QED) is 0.733. The SMILES string of the molecule is CC(=O)Cc1coc(N2CCOCC2)n1. The van der Waals surface area contributed by atoms with Crippen LogP contribution in [0, 0.1) is 0 Å². The number of morpholine rings is 1. The molecule has 82 valence electrons. The fourth-order valence-electron chi connectivity index (χ4n) is 1.53. The molecule has 0 amide bonds. The molecule has 1 aromatic rings. The third-order valence-corrected chi connectivity index (χ3v) is 2.25. The van der Waals surface area contributed by atoms with E-state index in [1.807, 2.05) is 4.90 Å². The molecule has 0 radical (unpaired) electrons. The van der Waals surface area contributed by atoms with Gasteiger partial charge in [-0.2, -0.15) is 4.98 Å². The lowest BCUT2D eigenvalue weighted by Crippen LogP contribution is -2.36. The lowest BCUT2D eigenvalue weighted by atomic mass is 10.2. The van der Waals surface area contributed by atoms with Crippen molar-refractivity contribution in [1.29, 1.82) is 0 Å². The van der Waals surface area contributed by atoms with E-state index in [0.29, 0.717) is 31.3 Å². The molecule has 5 nitrogen and oxygen atoms in total. The minimum atomic E-state index is 0.0943. The van der Waals surface area contributed by atoms with Gasteiger partial charge in [0.15, 0.2) is 0 Å². The number of nitrogens with zero attached hydrogens (tertiary/aromatic N) is 2. The van der Waals surface area contributed by atoms with Crippen molar-refractivity contribution in [3.8, 4) is 0 Å². The Balaban J connectivity index is 2.02. The summed E-state index contributed by atoms with van der Waals surface area (Å²) in [7, 11) is 0. The van der Waals surface area contributed by atoms with Crippen molar-refractivity contribution >= 4 is 11.8 Å². The molecule has 1 saturated heterocycles. The van der Waals surface area contributed by atoms with Crippen LogP contribution < -0.4 is 4.90 Å². The highest BCUT2D eigenvalue weighted by atomic mass is 16.5. The largest absolute Gasteiger partial charge is 0.432 e. The molecule has 0 aliphatic carbocycles. The van der Waals surface area contributed by atoms with Gasteiger partial charge in [0, 0.05) is 13.1 Å². The zero-order valence-corrected chi connectivity index (χ0v) is 8.73. The molecule has 15 heavy (non-hydrogen) atoms. The Morgan fingerprint density at radius 1 is 1.53 bits per heavy atom. The van der Waals surface area contributed by atoms with Gasteiger partial charge in [-0.05, 0) is 6.92 Å². The van der Waals surface area contributed by atoms with Crippen molar-refractivity contribution in [3.05, 3.63) is 12.0 Å². The van der Waals surface area contributed by atoms with Crippen LogP contribution in [0.25, 0.3) is 0 Å². The number of carbonyl (C=O) groups excluding carboxylic acids is 1. The molecule has 0 bridgehead atoms. The number of hydrogen-bond donors (Lipinski definition) is 0. The van der Waals surface area contributed by atoms with Gasteiger partial charge in [0.2, 0.25) is 0 Å². The number of ether oxygens (including phenoxy) is 1. The van der Waals surface area contributed by atoms with Gasteiger partial charge in [-0.3, -0.25) is 4.79 Å². The van der Waals surface area contributed by atoms with Crippen LogP contribution in [0.1, 0.15) is 12.6 Å². The van der Waals surface area contributed by atoms with Gasteiger partial charge in [0.25, 0.3) is 6.01 Å². The average Bonchev–Trinajstić information content (AvgIpc) is 2.67. The summed E-state index contributed by atoms with van der Waals surface area (Å²) >= 11 is 0. The van der Waals surface area contributed by atoms with Gasteiger partial charge < -0.3 is 14.1 Å². The van der Waals surface area contributed by atoms with Gasteiger partial charge in [0.05, 0.1) is 25.3 Å². The monoisotopic (exact) mass is 210 g/mol. The smallest absolute Gasteiger partial charge is 0.297 e. The molecule has 0 N–H and O–H groups in total. The highest BCUT2D eigenvalue weighted by molar-refractivity contribution is 5.77. The predicted octanol–water partition coefficient (Wildman–Crippen LogP) is 0.643. The number of hydrogen-bond acceptors (Lipinski definition) is 5. The summed E-state index contributed by atoms with van der Waals surface area (Å²) in [5.41, 5.74) is 0.698. The molecule has 2 rings (SSSR count). The number of Topliss-reactive ketones (excluding diaryl/α,β-unsaturated/α-hetero) is 1. The summed E-state index contributed by atoms with van der Waals surface area (Å²) in [6.07, 6.45) is 1.89. The Morgan fingerprint density at radius 2 is 2.27 bits per heavy atom. The van der Waals surface area contributed by atoms with Crippen LogP contribution in [0.5, 0.6) is 0 Å².